The Kier molecular flexibility index (Phi) is 3.72. The molecule has 0 amide bonds. The molecule has 0 spiro atoms. The highest BCUT2D eigenvalue weighted by molar-refractivity contribution is 5.66. The summed E-state index contributed by atoms with van der Waals surface area (Å²) in [6, 6.07) is 6.00. The zero-order valence-electron chi connectivity index (χ0n) is 11.7. The minimum absolute atomic E-state index is 0.767. The number of nitrogens with zero attached hydrogens (tertiary/aromatic N) is 4. The second-order valence-electron chi connectivity index (χ2n) is 5.03. The zero-order valence-corrected chi connectivity index (χ0v) is 11.7. The Hall–Kier alpha value is -2.23. The molecule has 0 aliphatic carbocycles. The van der Waals surface area contributed by atoms with Gasteiger partial charge in [-0.3, -0.25) is 4.98 Å². The van der Waals surface area contributed by atoms with E-state index in [-0.39, 0.29) is 0 Å². The van der Waals surface area contributed by atoms with Gasteiger partial charge in [0, 0.05) is 37.2 Å². The summed E-state index contributed by atoms with van der Waals surface area (Å²) in [5, 5.41) is 0. The number of hydrogen-bond acceptors (Lipinski definition) is 4. The van der Waals surface area contributed by atoms with Crippen LogP contribution in [0, 0.1) is 6.92 Å². The van der Waals surface area contributed by atoms with Gasteiger partial charge in [-0.25, -0.2) is 9.97 Å². The van der Waals surface area contributed by atoms with Crippen molar-refractivity contribution in [1.82, 2.24) is 15.0 Å². The van der Waals surface area contributed by atoms with Crippen molar-refractivity contribution in [2.45, 2.75) is 19.8 Å². The van der Waals surface area contributed by atoms with Crippen LogP contribution in [0.3, 0.4) is 0 Å². The van der Waals surface area contributed by atoms with Crippen LogP contribution in [0.25, 0.3) is 12.2 Å². The van der Waals surface area contributed by atoms with E-state index >= 15 is 0 Å². The third-order valence-corrected chi connectivity index (χ3v) is 3.42. The summed E-state index contributed by atoms with van der Waals surface area (Å²) >= 11 is 0. The molecule has 3 rings (SSSR count). The number of anilines is 1. The van der Waals surface area contributed by atoms with Crippen LogP contribution in [0.1, 0.15) is 29.9 Å². The van der Waals surface area contributed by atoms with Gasteiger partial charge in [-0.2, -0.15) is 0 Å². The molecule has 1 aliphatic heterocycles. The molecule has 0 saturated carbocycles. The van der Waals surface area contributed by atoms with Crippen LogP contribution >= 0.6 is 0 Å². The summed E-state index contributed by atoms with van der Waals surface area (Å²) in [5.41, 5.74) is 2.11. The smallest absolute Gasteiger partial charge is 0.154 e. The lowest BCUT2D eigenvalue weighted by Gasteiger charge is -2.16. The van der Waals surface area contributed by atoms with Crippen molar-refractivity contribution in [3.05, 3.63) is 47.7 Å². The first-order chi connectivity index (χ1) is 9.81. The first-order valence-electron chi connectivity index (χ1n) is 7.00. The van der Waals surface area contributed by atoms with Gasteiger partial charge in [-0.1, -0.05) is 6.08 Å². The molecule has 0 aromatic carbocycles. The van der Waals surface area contributed by atoms with Crippen molar-refractivity contribution >= 4 is 18.0 Å². The lowest BCUT2D eigenvalue weighted by molar-refractivity contribution is 0.915. The summed E-state index contributed by atoms with van der Waals surface area (Å²) < 4.78 is 0. The molecule has 0 radical (unpaired) electrons. The number of aryl methyl sites for hydroxylation is 1. The standard InChI is InChI=1S/C16H18N4/c1-13-12-16(20-10-2-3-11-20)19-15(18-13)5-4-14-6-8-17-9-7-14/h4-9,12H,2-3,10-11H2,1H3. The minimum atomic E-state index is 0.767. The van der Waals surface area contributed by atoms with Crippen molar-refractivity contribution in [1.29, 1.82) is 0 Å². The minimum Gasteiger partial charge on any atom is -0.356 e. The van der Waals surface area contributed by atoms with Crippen molar-refractivity contribution in [3.8, 4) is 0 Å². The molecule has 4 nitrogen and oxygen atoms in total. The summed E-state index contributed by atoms with van der Waals surface area (Å²) in [7, 11) is 0. The van der Waals surface area contributed by atoms with Gasteiger partial charge in [-0.15, -0.1) is 0 Å². The Bertz CT molecular complexity index is 601. The van der Waals surface area contributed by atoms with E-state index in [4.69, 9.17) is 0 Å². The van der Waals surface area contributed by atoms with Crippen LogP contribution in [0.15, 0.2) is 30.6 Å². The van der Waals surface area contributed by atoms with Crippen LogP contribution in [-0.4, -0.2) is 28.0 Å². The highest BCUT2D eigenvalue weighted by atomic mass is 15.2. The Balaban J connectivity index is 1.84. The molecule has 0 bridgehead atoms. The van der Waals surface area contributed by atoms with Gasteiger partial charge in [-0.05, 0) is 43.5 Å². The fourth-order valence-corrected chi connectivity index (χ4v) is 2.40. The average Bonchev–Trinajstić information content (AvgIpc) is 3.00. The highest BCUT2D eigenvalue weighted by Gasteiger charge is 2.14. The van der Waals surface area contributed by atoms with E-state index in [1.165, 1.54) is 12.8 Å². The second kappa shape index (κ2) is 5.82. The van der Waals surface area contributed by atoms with Crippen molar-refractivity contribution in [2.24, 2.45) is 0 Å². The van der Waals surface area contributed by atoms with Crippen LogP contribution < -0.4 is 4.90 Å². The molecule has 4 heteroatoms. The van der Waals surface area contributed by atoms with Crippen LogP contribution in [0.4, 0.5) is 5.82 Å². The predicted molar refractivity (Wildman–Crippen MR) is 81.4 cm³/mol. The third kappa shape index (κ3) is 3.02. The third-order valence-electron chi connectivity index (χ3n) is 3.42. The fraction of sp³-hybridized carbons (Fsp3) is 0.312. The number of aromatic nitrogens is 3. The van der Waals surface area contributed by atoms with Crippen LogP contribution in [0.5, 0.6) is 0 Å². The Morgan fingerprint density at radius 3 is 2.55 bits per heavy atom. The van der Waals surface area contributed by atoms with E-state index in [1.54, 1.807) is 12.4 Å². The van der Waals surface area contributed by atoms with Gasteiger partial charge < -0.3 is 4.90 Å². The zero-order chi connectivity index (χ0) is 13.8. The van der Waals surface area contributed by atoms with Gasteiger partial charge in [0.2, 0.25) is 0 Å². The van der Waals surface area contributed by atoms with E-state index < -0.39 is 0 Å². The maximum absolute atomic E-state index is 4.64. The monoisotopic (exact) mass is 266 g/mol. The van der Waals surface area contributed by atoms with E-state index in [2.05, 4.69) is 25.9 Å². The summed E-state index contributed by atoms with van der Waals surface area (Å²) in [4.78, 5) is 15.5. The van der Waals surface area contributed by atoms with Gasteiger partial charge in [0.25, 0.3) is 0 Å². The Morgan fingerprint density at radius 2 is 1.80 bits per heavy atom. The first kappa shape index (κ1) is 12.8. The van der Waals surface area contributed by atoms with Gasteiger partial charge >= 0.3 is 0 Å². The molecule has 1 saturated heterocycles. The molecule has 0 atom stereocenters. The van der Waals surface area contributed by atoms with E-state index in [0.717, 1.165) is 36.0 Å². The molecular formula is C16H18N4. The fourth-order valence-electron chi connectivity index (χ4n) is 2.40. The van der Waals surface area contributed by atoms with E-state index in [9.17, 15) is 0 Å². The van der Waals surface area contributed by atoms with Gasteiger partial charge in [0.1, 0.15) is 5.82 Å². The van der Waals surface area contributed by atoms with Gasteiger partial charge in [0.15, 0.2) is 5.82 Å². The molecule has 2 aromatic heterocycles. The molecule has 20 heavy (non-hydrogen) atoms. The summed E-state index contributed by atoms with van der Waals surface area (Å²) in [6.07, 6.45) is 10.1. The molecule has 1 fully saturated rings. The summed E-state index contributed by atoms with van der Waals surface area (Å²) in [5.74, 6) is 1.81. The first-order valence-corrected chi connectivity index (χ1v) is 7.00. The second-order valence-corrected chi connectivity index (χ2v) is 5.03. The number of hydrogen-bond donors (Lipinski definition) is 0. The predicted octanol–water partition coefficient (Wildman–Crippen LogP) is 2.95. The van der Waals surface area contributed by atoms with Crippen LogP contribution in [0.2, 0.25) is 0 Å². The normalized spacial score (nSPS) is 15.2. The van der Waals surface area contributed by atoms with Crippen molar-refractivity contribution < 1.29 is 0 Å². The maximum atomic E-state index is 4.64. The lowest BCUT2D eigenvalue weighted by atomic mass is 10.2. The molecule has 0 unspecified atom stereocenters. The maximum Gasteiger partial charge on any atom is 0.154 e. The van der Waals surface area contributed by atoms with Crippen LogP contribution in [-0.2, 0) is 0 Å². The molecule has 0 N–H and O–H groups in total. The topological polar surface area (TPSA) is 41.9 Å². The molecule has 102 valence electrons. The lowest BCUT2D eigenvalue weighted by Crippen LogP contribution is -2.19. The molecule has 3 heterocycles. The molecule has 1 aliphatic rings. The Labute approximate surface area is 119 Å². The number of rotatable bonds is 3. The van der Waals surface area contributed by atoms with Crippen molar-refractivity contribution in [2.75, 3.05) is 18.0 Å². The average molecular weight is 266 g/mol. The van der Waals surface area contributed by atoms with Crippen molar-refractivity contribution in [3.63, 3.8) is 0 Å². The summed E-state index contributed by atoms with van der Waals surface area (Å²) in [6.45, 7) is 4.22. The molecule has 2 aromatic rings. The van der Waals surface area contributed by atoms with E-state index in [0.29, 0.717) is 0 Å². The Morgan fingerprint density at radius 1 is 1.05 bits per heavy atom. The number of pyridine rings is 1. The highest BCUT2D eigenvalue weighted by Crippen LogP contribution is 2.19. The quantitative estimate of drug-likeness (QED) is 0.856. The SMILES string of the molecule is Cc1cc(N2CCCC2)nc(C=Cc2ccncc2)n1. The largest absolute Gasteiger partial charge is 0.356 e. The molecular weight excluding hydrogens is 248 g/mol. The van der Waals surface area contributed by atoms with E-state index in [1.807, 2.05) is 31.2 Å². The van der Waals surface area contributed by atoms with Gasteiger partial charge in [0.05, 0.1) is 0 Å².